The van der Waals surface area contributed by atoms with Gasteiger partial charge in [0, 0.05) is 49.1 Å². The van der Waals surface area contributed by atoms with Crippen molar-refractivity contribution in [2.45, 2.75) is 45.3 Å². The average Bonchev–Trinajstić information content (AvgIpc) is 3.02. The molecule has 2 heterocycles. The van der Waals surface area contributed by atoms with Crippen LogP contribution in [0.2, 0.25) is 0 Å². The van der Waals surface area contributed by atoms with Crippen LogP contribution in [0.4, 0.5) is 16.2 Å². The molecule has 1 aromatic heterocycles. The number of morpholine rings is 1. The molecule has 228 valence electrons. The number of ether oxygens (including phenoxy) is 2. The molecule has 5 rings (SSSR count). The number of nitrogens with one attached hydrogen (secondary N) is 2. The Balaban J connectivity index is 1.22. The first-order valence-corrected chi connectivity index (χ1v) is 14.9. The van der Waals surface area contributed by atoms with Crippen molar-refractivity contribution in [3.63, 3.8) is 0 Å². The predicted molar refractivity (Wildman–Crippen MR) is 172 cm³/mol. The molecule has 0 spiro atoms. The van der Waals surface area contributed by atoms with Crippen LogP contribution >= 0.6 is 0 Å². The minimum Gasteiger partial charge on any atom is -0.444 e. The Morgan fingerprint density at radius 3 is 2.30 bits per heavy atom. The van der Waals surface area contributed by atoms with Crippen LogP contribution in [-0.2, 0) is 27.1 Å². The quantitative estimate of drug-likeness (QED) is 0.259. The number of amides is 2. The highest BCUT2D eigenvalue weighted by Gasteiger charge is 2.25. The SMILES string of the molecule is CC(C)(C)OC(=O)N[C@@H](Cc1ccccc1)C(=O)Nc1ccc(-c2ccnc(Cc3ccc(N4CCOCC4)cc3)n2)cc1. The summed E-state index contributed by atoms with van der Waals surface area (Å²) in [5.74, 6) is 0.396. The van der Waals surface area contributed by atoms with Gasteiger partial charge in [0.25, 0.3) is 0 Å². The van der Waals surface area contributed by atoms with Crippen LogP contribution in [0.5, 0.6) is 0 Å². The summed E-state index contributed by atoms with van der Waals surface area (Å²) in [5, 5.41) is 5.66. The molecular formula is C35H39N5O4. The fourth-order valence-corrected chi connectivity index (χ4v) is 4.94. The number of hydrogen-bond acceptors (Lipinski definition) is 7. The third-order valence-electron chi connectivity index (χ3n) is 7.12. The lowest BCUT2D eigenvalue weighted by molar-refractivity contribution is -0.118. The van der Waals surface area contributed by atoms with Crippen LogP contribution in [0.25, 0.3) is 11.3 Å². The van der Waals surface area contributed by atoms with E-state index in [9.17, 15) is 9.59 Å². The molecule has 1 aliphatic rings. The molecule has 0 aliphatic carbocycles. The van der Waals surface area contributed by atoms with E-state index in [0.717, 1.165) is 54.5 Å². The van der Waals surface area contributed by atoms with Gasteiger partial charge in [0.05, 0.1) is 18.9 Å². The average molecular weight is 594 g/mol. The molecular weight excluding hydrogens is 554 g/mol. The first-order chi connectivity index (χ1) is 21.2. The van der Waals surface area contributed by atoms with E-state index in [-0.39, 0.29) is 5.91 Å². The number of anilines is 2. The Labute approximate surface area is 258 Å². The minimum absolute atomic E-state index is 0.323. The zero-order chi connectivity index (χ0) is 30.9. The third-order valence-corrected chi connectivity index (χ3v) is 7.12. The zero-order valence-corrected chi connectivity index (χ0v) is 25.5. The molecule has 9 heteroatoms. The van der Waals surface area contributed by atoms with E-state index in [1.54, 1.807) is 27.0 Å². The highest BCUT2D eigenvalue weighted by molar-refractivity contribution is 5.97. The molecule has 0 radical (unpaired) electrons. The standard InChI is InChI=1S/C35H39N5O4/c1-35(2,3)44-34(42)39-31(23-25-7-5-4-6-8-25)33(41)37-28-13-11-27(12-14-28)30-17-18-36-32(38-30)24-26-9-15-29(16-10-26)40-19-21-43-22-20-40/h4-18,31H,19-24H2,1-3H3,(H,37,41)(H,39,42)/t31-/m0/s1. The Morgan fingerprint density at radius 1 is 0.909 bits per heavy atom. The van der Waals surface area contributed by atoms with Gasteiger partial charge in [-0.25, -0.2) is 14.8 Å². The van der Waals surface area contributed by atoms with Crippen LogP contribution in [0.15, 0.2) is 91.1 Å². The summed E-state index contributed by atoms with van der Waals surface area (Å²) in [6.45, 7) is 8.68. The molecule has 44 heavy (non-hydrogen) atoms. The molecule has 2 amide bonds. The first kappa shape index (κ1) is 30.7. The molecule has 9 nitrogen and oxygen atoms in total. The normalized spacial score (nSPS) is 14.0. The van der Waals surface area contributed by atoms with Crippen LogP contribution in [0.3, 0.4) is 0 Å². The van der Waals surface area contributed by atoms with Crippen molar-refractivity contribution < 1.29 is 19.1 Å². The summed E-state index contributed by atoms with van der Waals surface area (Å²) in [7, 11) is 0. The van der Waals surface area contributed by atoms with Gasteiger partial charge in [-0.15, -0.1) is 0 Å². The largest absolute Gasteiger partial charge is 0.444 e. The number of carbonyl (C=O) groups excluding carboxylic acids is 2. The Bertz CT molecular complexity index is 1530. The molecule has 1 aliphatic heterocycles. The van der Waals surface area contributed by atoms with E-state index in [1.165, 1.54) is 5.69 Å². The zero-order valence-electron chi connectivity index (χ0n) is 25.5. The van der Waals surface area contributed by atoms with Gasteiger partial charge in [-0.3, -0.25) is 4.79 Å². The molecule has 0 saturated carbocycles. The summed E-state index contributed by atoms with van der Waals surface area (Å²) in [5.41, 5.74) is 4.90. The van der Waals surface area contributed by atoms with E-state index in [2.05, 4.69) is 44.8 Å². The van der Waals surface area contributed by atoms with E-state index >= 15 is 0 Å². The monoisotopic (exact) mass is 593 g/mol. The Morgan fingerprint density at radius 2 is 1.61 bits per heavy atom. The van der Waals surface area contributed by atoms with E-state index < -0.39 is 17.7 Å². The maximum atomic E-state index is 13.3. The summed E-state index contributed by atoms with van der Waals surface area (Å²) < 4.78 is 10.9. The molecule has 1 fully saturated rings. The topological polar surface area (TPSA) is 106 Å². The van der Waals surface area contributed by atoms with Crippen molar-refractivity contribution >= 4 is 23.4 Å². The summed E-state index contributed by atoms with van der Waals surface area (Å²) in [4.78, 5) is 37.4. The van der Waals surface area contributed by atoms with Crippen LogP contribution in [-0.4, -0.2) is 59.9 Å². The van der Waals surface area contributed by atoms with Crippen molar-refractivity contribution in [1.29, 1.82) is 0 Å². The van der Waals surface area contributed by atoms with Gasteiger partial charge in [-0.2, -0.15) is 0 Å². The molecule has 2 N–H and O–H groups in total. The highest BCUT2D eigenvalue weighted by atomic mass is 16.6. The van der Waals surface area contributed by atoms with Gasteiger partial charge in [-0.05, 0) is 62.2 Å². The molecule has 0 bridgehead atoms. The molecule has 4 aromatic rings. The fraction of sp³-hybridized carbons (Fsp3) is 0.314. The first-order valence-electron chi connectivity index (χ1n) is 14.9. The van der Waals surface area contributed by atoms with Crippen molar-refractivity contribution in [2.75, 3.05) is 36.5 Å². The van der Waals surface area contributed by atoms with Crippen LogP contribution in [0, 0.1) is 0 Å². The van der Waals surface area contributed by atoms with Gasteiger partial charge in [0.1, 0.15) is 17.5 Å². The maximum absolute atomic E-state index is 13.3. The predicted octanol–water partition coefficient (Wildman–Crippen LogP) is 5.65. The second kappa shape index (κ2) is 14.1. The highest BCUT2D eigenvalue weighted by Crippen LogP contribution is 2.22. The maximum Gasteiger partial charge on any atom is 0.408 e. The second-order valence-corrected chi connectivity index (χ2v) is 11.8. The van der Waals surface area contributed by atoms with Gasteiger partial charge in [-0.1, -0.05) is 54.6 Å². The van der Waals surface area contributed by atoms with Gasteiger partial charge < -0.3 is 25.0 Å². The number of nitrogens with zero attached hydrogens (tertiary/aromatic N) is 3. The van der Waals surface area contributed by atoms with Crippen LogP contribution < -0.4 is 15.5 Å². The third kappa shape index (κ3) is 8.87. The number of rotatable bonds is 9. The minimum atomic E-state index is -0.820. The smallest absolute Gasteiger partial charge is 0.408 e. The van der Waals surface area contributed by atoms with Crippen molar-refractivity contribution in [2.24, 2.45) is 0 Å². The van der Waals surface area contributed by atoms with Gasteiger partial charge in [0.15, 0.2) is 0 Å². The lowest BCUT2D eigenvalue weighted by Crippen LogP contribution is -2.47. The lowest BCUT2D eigenvalue weighted by Gasteiger charge is -2.28. The molecule has 0 unspecified atom stereocenters. The second-order valence-electron chi connectivity index (χ2n) is 11.8. The summed E-state index contributed by atoms with van der Waals surface area (Å²) in [6, 6.07) is 26.6. The van der Waals surface area contributed by atoms with Gasteiger partial charge >= 0.3 is 6.09 Å². The molecule has 1 atom stereocenters. The molecule has 3 aromatic carbocycles. The Hall–Kier alpha value is -4.76. The van der Waals surface area contributed by atoms with E-state index in [1.807, 2.05) is 60.7 Å². The number of aromatic nitrogens is 2. The van der Waals surface area contributed by atoms with E-state index in [0.29, 0.717) is 18.5 Å². The number of alkyl carbamates (subject to hydrolysis) is 1. The van der Waals surface area contributed by atoms with E-state index in [4.69, 9.17) is 14.5 Å². The fourth-order valence-electron chi connectivity index (χ4n) is 4.94. The number of carbonyl (C=O) groups is 2. The lowest BCUT2D eigenvalue weighted by atomic mass is 10.1. The van der Waals surface area contributed by atoms with Gasteiger partial charge in [0.2, 0.25) is 5.91 Å². The van der Waals surface area contributed by atoms with Crippen molar-refractivity contribution in [3.05, 3.63) is 108 Å². The number of hydrogen-bond donors (Lipinski definition) is 2. The van der Waals surface area contributed by atoms with Crippen LogP contribution in [0.1, 0.15) is 37.7 Å². The summed E-state index contributed by atoms with van der Waals surface area (Å²) in [6.07, 6.45) is 2.07. The number of benzene rings is 3. The van der Waals surface area contributed by atoms with Crippen molar-refractivity contribution in [1.82, 2.24) is 15.3 Å². The van der Waals surface area contributed by atoms with Crippen molar-refractivity contribution in [3.8, 4) is 11.3 Å². The summed E-state index contributed by atoms with van der Waals surface area (Å²) >= 11 is 0. The molecule has 1 saturated heterocycles. The Kier molecular flexibility index (Phi) is 9.86.